The van der Waals surface area contributed by atoms with Crippen LogP contribution in [0.1, 0.15) is 5.56 Å². The van der Waals surface area contributed by atoms with Crippen LogP contribution in [0, 0.1) is 12.5 Å². The van der Waals surface area contributed by atoms with Crippen molar-refractivity contribution >= 4 is 24.0 Å². The number of rotatable bonds is 3. The van der Waals surface area contributed by atoms with Gasteiger partial charge in [-0.15, -0.1) is 0 Å². The van der Waals surface area contributed by atoms with Crippen LogP contribution in [0.25, 0.3) is 0 Å². The van der Waals surface area contributed by atoms with Gasteiger partial charge in [0.25, 0.3) is 0 Å². The molecule has 0 fully saturated rings. The van der Waals surface area contributed by atoms with E-state index < -0.39 is 8.03 Å². The van der Waals surface area contributed by atoms with Crippen LogP contribution in [0.15, 0.2) is 28.7 Å². The summed E-state index contributed by atoms with van der Waals surface area (Å²) in [7, 11) is -1.77. The van der Waals surface area contributed by atoms with Crippen LogP contribution in [0.4, 0.5) is 0 Å². The lowest BCUT2D eigenvalue weighted by atomic mass is 10.2. The van der Waals surface area contributed by atoms with Crippen LogP contribution >= 0.6 is 24.0 Å². The van der Waals surface area contributed by atoms with Crippen molar-refractivity contribution in [2.75, 3.05) is 0 Å². The average molecular weight is 258 g/mol. The summed E-state index contributed by atoms with van der Waals surface area (Å²) in [6.07, 6.45) is 7.10. The Balaban J connectivity index is 2.60. The molecule has 0 aliphatic carbocycles. The molecule has 66 valence electrons. The first-order valence-corrected chi connectivity index (χ1v) is 5.69. The zero-order valence-electron chi connectivity index (χ0n) is 6.74. The minimum atomic E-state index is -1.77. The molecule has 0 aliphatic rings. The number of terminal acetylenes is 1. The van der Waals surface area contributed by atoms with Crippen molar-refractivity contribution in [3.05, 3.63) is 34.3 Å². The third kappa shape index (κ3) is 3.59. The molecule has 0 heterocycles. The van der Waals surface area contributed by atoms with Gasteiger partial charge in [-0.3, -0.25) is 0 Å². The van der Waals surface area contributed by atoms with Gasteiger partial charge in [0.15, 0.2) is 6.11 Å². The molecule has 0 aromatic heterocycles. The quantitative estimate of drug-likeness (QED) is 0.614. The molecular weight excluding hydrogens is 251 g/mol. The summed E-state index contributed by atoms with van der Waals surface area (Å²) >= 11 is 3.31. The number of benzene rings is 1. The zero-order valence-corrected chi connectivity index (χ0v) is 9.22. The highest BCUT2D eigenvalue weighted by Gasteiger charge is 2.17. The third-order valence-electron chi connectivity index (χ3n) is 1.38. The van der Waals surface area contributed by atoms with Gasteiger partial charge in [-0.2, -0.15) is 4.52 Å². The minimum Gasteiger partial charge on any atom is -0.198 e. The van der Waals surface area contributed by atoms with Crippen LogP contribution in [-0.4, -0.2) is 0 Å². The van der Waals surface area contributed by atoms with Gasteiger partial charge in [-0.1, -0.05) is 34.5 Å². The Morgan fingerprint density at radius 3 is 2.62 bits per heavy atom. The van der Waals surface area contributed by atoms with E-state index in [1.807, 2.05) is 30.4 Å². The van der Waals surface area contributed by atoms with Crippen LogP contribution in [0.2, 0.25) is 0 Å². The first-order chi connectivity index (χ1) is 6.22. The summed E-state index contributed by atoms with van der Waals surface area (Å²) in [4.78, 5) is 0. The van der Waals surface area contributed by atoms with Crippen LogP contribution in [-0.2, 0) is 15.3 Å². The van der Waals surface area contributed by atoms with E-state index >= 15 is 0 Å². The lowest BCUT2D eigenvalue weighted by Gasteiger charge is -1.91. The predicted octanol–water partition coefficient (Wildman–Crippen LogP) is 3.30. The number of halogens is 1. The average Bonchev–Trinajstić information content (AvgIpc) is 2.09. The maximum absolute atomic E-state index is 11.1. The highest BCUT2D eigenvalue weighted by molar-refractivity contribution is 9.10. The van der Waals surface area contributed by atoms with E-state index in [0.29, 0.717) is 6.16 Å². The molecule has 0 aliphatic heterocycles. The van der Waals surface area contributed by atoms with Gasteiger partial charge in [0.1, 0.15) is 0 Å². The fourth-order valence-corrected chi connectivity index (χ4v) is 1.79. The molecule has 4 heteroatoms. The Kier molecular flexibility index (Phi) is 3.95. The van der Waals surface area contributed by atoms with Crippen LogP contribution in [0.5, 0.6) is 0 Å². The molecule has 0 N–H and O–H groups in total. The predicted molar refractivity (Wildman–Crippen MR) is 55.4 cm³/mol. The highest BCUT2D eigenvalue weighted by atomic mass is 79.9. The normalized spacial score (nSPS) is 10.3. The second-order valence-corrected chi connectivity index (χ2v) is 4.41. The smallest absolute Gasteiger partial charge is 0.198 e. The van der Waals surface area contributed by atoms with E-state index in [-0.39, 0.29) is 0 Å². The first kappa shape index (κ1) is 10.2. The van der Waals surface area contributed by atoms with Crippen molar-refractivity contribution < 1.29 is 9.09 Å². The molecule has 1 atom stereocenters. The monoisotopic (exact) mass is 257 g/mol. The standard InChI is InChI=1S/C9H7BrO2P/c1-2-12-13(11)7-8-3-5-9(10)6-4-8/h1,3-6H,7H2/q+1. The Hall–Kier alpha value is -0.840. The Labute approximate surface area is 86.3 Å². The number of hydrogen-bond donors (Lipinski definition) is 0. The van der Waals surface area contributed by atoms with Crippen molar-refractivity contribution in [2.24, 2.45) is 0 Å². The maximum atomic E-state index is 11.1. The molecular formula is C9H7BrO2P+. The fourth-order valence-electron chi connectivity index (χ4n) is 0.830. The molecule has 0 saturated heterocycles. The molecule has 0 saturated carbocycles. The van der Waals surface area contributed by atoms with Crippen LogP contribution in [0.3, 0.4) is 0 Å². The lowest BCUT2D eigenvalue weighted by molar-refractivity contribution is 0.485. The van der Waals surface area contributed by atoms with Gasteiger partial charge < -0.3 is 0 Å². The van der Waals surface area contributed by atoms with E-state index in [1.54, 1.807) is 0 Å². The lowest BCUT2D eigenvalue weighted by Crippen LogP contribution is -1.79. The topological polar surface area (TPSA) is 26.3 Å². The van der Waals surface area contributed by atoms with Crippen molar-refractivity contribution in [1.82, 2.24) is 0 Å². The van der Waals surface area contributed by atoms with E-state index in [2.05, 4.69) is 20.5 Å². The molecule has 0 radical (unpaired) electrons. The zero-order chi connectivity index (χ0) is 9.68. The SMILES string of the molecule is C#CO[P+](=O)Cc1ccc(Br)cc1. The molecule has 1 aromatic carbocycles. The van der Waals surface area contributed by atoms with Gasteiger partial charge in [0.2, 0.25) is 6.16 Å². The summed E-state index contributed by atoms with van der Waals surface area (Å²) in [5.41, 5.74) is 0.944. The molecule has 2 nitrogen and oxygen atoms in total. The summed E-state index contributed by atoms with van der Waals surface area (Å²) in [6.45, 7) is 0. The van der Waals surface area contributed by atoms with Crippen molar-refractivity contribution in [3.63, 3.8) is 0 Å². The second kappa shape index (κ2) is 5.01. The Bertz CT molecular complexity index is 340. The highest BCUT2D eigenvalue weighted by Crippen LogP contribution is 2.27. The van der Waals surface area contributed by atoms with E-state index in [0.717, 1.165) is 10.0 Å². The molecule has 1 rings (SSSR count). The van der Waals surface area contributed by atoms with Gasteiger partial charge in [0, 0.05) is 10.0 Å². The summed E-state index contributed by atoms with van der Waals surface area (Å²) < 4.78 is 16.6. The first-order valence-electron chi connectivity index (χ1n) is 3.54. The third-order valence-corrected chi connectivity index (χ3v) is 2.84. The largest absolute Gasteiger partial charge is 0.569 e. The van der Waals surface area contributed by atoms with E-state index in [1.165, 1.54) is 0 Å². The molecule has 1 aromatic rings. The molecule has 0 bridgehead atoms. The van der Waals surface area contributed by atoms with E-state index in [4.69, 9.17) is 6.42 Å². The Morgan fingerprint density at radius 1 is 1.46 bits per heavy atom. The minimum absolute atomic E-state index is 0.354. The molecule has 0 spiro atoms. The Morgan fingerprint density at radius 2 is 2.08 bits per heavy atom. The molecule has 0 amide bonds. The summed E-state index contributed by atoms with van der Waals surface area (Å²) in [5.74, 6) is 0. The van der Waals surface area contributed by atoms with Gasteiger partial charge in [-0.05, 0) is 16.7 Å². The second-order valence-electron chi connectivity index (χ2n) is 2.33. The van der Waals surface area contributed by atoms with Crippen molar-refractivity contribution in [3.8, 4) is 12.5 Å². The summed E-state index contributed by atoms with van der Waals surface area (Å²) in [6, 6.07) is 7.51. The molecule has 13 heavy (non-hydrogen) atoms. The van der Waals surface area contributed by atoms with Crippen molar-refractivity contribution in [1.29, 1.82) is 0 Å². The van der Waals surface area contributed by atoms with Gasteiger partial charge >= 0.3 is 8.03 Å². The van der Waals surface area contributed by atoms with Crippen molar-refractivity contribution in [2.45, 2.75) is 6.16 Å². The molecule has 1 unspecified atom stereocenters. The van der Waals surface area contributed by atoms with E-state index in [9.17, 15) is 4.57 Å². The number of hydrogen-bond acceptors (Lipinski definition) is 2. The maximum Gasteiger partial charge on any atom is 0.569 e. The summed E-state index contributed by atoms with van der Waals surface area (Å²) in [5, 5.41) is 0. The van der Waals surface area contributed by atoms with Gasteiger partial charge in [0.05, 0.1) is 0 Å². The van der Waals surface area contributed by atoms with Gasteiger partial charge in [-0.25, -0.2) is 0 Å². The van der Waals surface area contributed by atoms with Crippen LogP contribution < -0.4 is 0 Å². The fraction of sp³-hybridized carbons (Fsp3) is 0.111.